The maximum atomic E-state index is 11.9. The Labute approximate surface area is 112 Å². The number of benzene rings is 1. The van der Waals surface area contributed by atoms with E-state index in [0.717, 1.165) is 11.1 Å². The van der Waals surface area contributed by atoms with Crippen LogP contribution in [0.2, 0.25) is 0 Å². The minimum Gasteiger partial charge on any atom is -0.461 e. The van der Waals surface area contributed by atoms with Crippen LogP contribution in [0.5, 0.6) is 0 Å². The van der Waals surface area contributed by atoms with Crippen molar-refractivity contribution in [2.24, 2.45) is 0 Å². The van der Waals surface area contributed by atoms with Crippen LogP contribution < -0.4 is 0 Å². The Bertz CT molecular complexity index is 596. The van der Waals surface area contributed by atoms with Crippen LogP contribution in [-0.2, 0) is 4.74 Å². The summed E-state index contributed by atoms with van der Waals surface area (Å²) in [5.74, 6) is 0.370. The lowest BCUT2D eigenvalue weighted by Crippen LogP contribution is -2.06. The molecule has 1 aliphatic carbocycles. The SMILES string of the molecule is CCOC(=O)c1[nH]ccc1-c1ccccc1C1CC1. The molecule has 1 saturated carbocycles. The van der Waals surface area contributed by atoms with Gasteiger partial charge in [0.25, 0.3) is 0 Å². The van der Waals surface area contributed by atoms with Gasteiger partial charge in [-0.05, 0) is 42.9 Å². The third kappa shape index (κ3) is 2.28. The number of ether oxygens (including phenoxy) is 1. The highest BCUT2D eigenvalue weighted by Gasteiger charge is 2.27. The molecule has 3 rings (SSSR count). The largest absolute Gasteiger partial charge is 0.461 e. The van der Waals surface area contributed by atoms with Crippen molar-refractivity contribution in [3.63, 3.8) is 0 Å². The molecule has 98 valence electrons. The van der Waals surface area contributed by atoms with Crippen LogP contribution in [0.3, 0.4) is 0 Å². The van der Waals surface area contributed by atoms with E-state index >= 15 is 0 Å². The van der Waals surface area contributed by atoms with Gasteiger partial charge in [-0.15, -0.1) is 0 Å². The summed E-state index contributed by atoms with van der Waals surface area (Å²) in [6, 6.07) is 10.3. The lowest BCUT2D eigenvalue weighted by molar-refractivity contribution is 0.0521. The van der Waals surface area contributed by atoms with Gasteiger partial charge in [0.2, 0.25) is 0 Å². The van der Waals surface area contributed by atoms with E-state index in [2.05, 4.69) is 23.2 Å². The van der Waals surface area contributed by atoms with Crippen LogP contribution in [0, 0.1) is 0 Å². The summed E-state index contributed by atoms with van der Waals surface area (Å²) >= 11 is 0. The lowest BCUT2D eigenvalue weighted by atomic mass is 9.97. The van der Waals surface area contributed by atoms with Crippen molar-refractivity contribution < 1.29 is 9.53 Å². The fourth-order valence-electron chi connectivity index (χ4n) is 2.46. The molecule has 0 aliphatic heterocycles. The van der Waals surface area contributed by atoms with Gasteiger partial charge in [0, 0.05) is 11.8 Å². The van der Waals surface area contributed by atoms with Gasteiger partial charge in [-0.2, -0.15) is 0 Å². The van der Waals surface area contributed by atoms with E-state index in [9.17, 15) is 4.79 Å². The van der Waals surface area contributed by atoms with Gasteiger partial charge in [0.05, 0.1) is 6.61 Å². The van der Waals surface area contributed by atoms with Crippen LogP contribution in [0.25, 0.3) is 11.1 Å². The number of H-pyrrole nitrogens is 1. The summed E-state index contributed by atoms with van der Waals surface area (Å²) in [4.78, 5) is 14.9. The van der Waals surface area contributed by atoms with E-state index in [1.165, 1.54) is 18.4 Å². The van der Waals surface area contributed by atoms with Crippen molar-refractivity contribution in [2.45, 2.75) is 25.7 Å². The summed E-state index contributed by atoms with van der Waals surface area (Å²) < 4.78 is 5.09. The lowest BCUT2D eigenvalue weighted by Gasteiger charge is -2.09. The Balaban J connectivity index is 2.03. The van der Waals surface area contributed by atoms with Crippen molar-refractivity contribution in [2.75, 3.05) is 6.61 Å². The highest BCUT2D eigenvalue weighted by Crippen LogP contribution is 2.44. The Morgan fingerprint density at radius 1 is 1.26 bits per heavy atom. The normalized spacial score (nSPS) is 14.4. The van der Waals surface area contributed by atoms with Gasteiger partial charge in [-0.3, -0.25) is 0 Å². The summed E-state index contributed by atoms with van der Waals surface area (Å²) in [5.41, 5.74) is 3.98. The maximum absolute atomic E-state index is 11.9. The van der Waals surface area contributed by atoms with E-state index in [1.807, 2.05) is 19.1 Å². The molecule has 1 aromatic carbocycles. The van der Waals surface area contributed by atoms with E-state index in [-0.39, 0.29) is 5.97 Å². The minimum atomic E-state index is -0.284. The predicted octanol–water partition coefficient (Wildman–Crippen LogP) is 3.74. The Morgan fingerprint density at radius 3 is 2.79 bits per heavy atom. The molecule has 3 nitrogen and oxygen atoms in total. The number of esters is 1. The average molecular weight is 255 g/mol. The van der Waals surface area contributed by atoms with Gasteiger partial charge in [0.1, 0.15) is 5.69 Å². The zero-order valence-electron chi connectivity index (χ0n) is 11.0. The predicted molar refractivity (Wildman–Crippen MR) is 74.2 cm³/mol. The monoisotopic (exact) mass is 255 g/mol. The van der Waals surface area contributed by atoms with E-state index in [4.69, 9.17) is 4.74 Å². The fourth-order valence-corrected chi connectivity index (χ4v) is 2.46. The van der Waals surface area contributed by atoms with Crippen molar-refractivity contribution in [3.05, 3.63) is 47.8 Å². The third-order valence-electron chi connectivity index (χ3n) is 3.49. The van der Waals surface area contributed by atoms with Gasteiger partial charge in [0.15, 0.2) is 0 Å². The molecular formula is C16H17NO2. The van der Waals surface area contributed by atoms with Gasteiger partial charge in [-0.25, -0.2) is 4.79 Å². The summed E-state index contributed by atoms with van der Waals surface area (Å²) in [6.07, 6.45) is 4.29. The summed E-state index contributed by atoms with van der Waals surface area (Å²) in [7, 11) is 0. The number of hydrogen-bond acceptors (Lipinski definition) is 2. The second-order valence-corrected chi connectivity index (χ2v) is 4.85. The first-order valence-electron chi connectivity index (χ1n) is 6.75. The van der Waals surface area contributed by atoms with Crippen molar-refractivity contribution in [1.82, 2.24) is 4.98 Å². The Hall–Kier alpha value is -2.03. The highest BCUT2D eigenvalue weighted by molar-refractivity contribution is 5.96. The second-order valence-electron chi connectivity index (χ2n) is 4.85. The molecule has 1 fully saturated rings. The van der Waals surface area contributed by atoms with Crippen LogP contribution in [-0.4, -0.2) is 17.6 Å². The van der Waals surface area contributed by atoms with Crippen molar-refractivity contribution in [1.29, 1.82) is 0 Å². The first-order chi connectivity index (χ1) is 9.31. The van der Waals surface area contributed by atoms with E-state index in [1.54, 1.807) is 6.20 Å². The van der Waals surface area contributed by atoms with Crippen LogP contribution in [0.4, 0.5) is 0 Å². The number of nitrogens with one attached hydrogen (secondary N) is 1. The molecule has 1 heterocycles. The van der Waals surface area contributed by atoms with Gasteiger partial charge < -0.3 is 9.72 Å². The molecular weight excluding hydrogens is 238 g/mol. The zero-order valence-corrected chi connectivity index (χ0v) is 11.0. The van der Waals surface area contributed by atoms with E-state index in [0.29, 0.717) is 18.2 Å². The van der Waals surface area contributed by atoms with Crippen molar-refractivity contribution >= 4 is 5.97 Å². The van der Waals surface area contributed by atoms with Crippen molar-refractivity contribution in [3.8, 4) is 11.1 Å². The molecule has 0 atom stereocenters. The van der Waals surface area contributed by atoms with Crippen LogP contribution >= 0.6 is 0 Å². The molecule has 0 radical (unpaired) electrons. The molecule has 1 aromatic heterocycles. The summed E-state index contributed by atoms with van der Waals surface area (Å²) in [5, 5.41) is 0. The number of aromatic amines is 1. The average Bonchev–Trinajstić information content (AvgIpc) is 3.16. The quantitative estimate of drug-likeness (QED) is 0.846. The molecule has 19 heavy (non-hydrogen) atoms. The maximum Gasteiger partial charge on any atom is 0.355 e. The molecule has 0 unspecified atom stereocenters. The second kappa shape index (κ2) is 4.92. The third-order valence-corrected chi connectivity index (χ3v) is 3.49. The molecule has 0 bridgehead atoms. The first-order valence-corrected chi connectivity index (χ1v) is 6.75. The van der Waals surface area contributed by atoms with Gasteiger partial charge in [-0.1, -0.05) is 24.3 Å². The van der Waals surface area contributed by atoms with Crippen LogP contribution in [0.15, 0.2) is 36.5 Å². The standard InChI is InChI=1S/C16H17NO2/c1-2-19-16(18)15-14(9-10-17-15)13-6-4-3-5-12(13)11-7-8-11/h3-6,9-11,17H,2,7-8H2,1H3. The number of carbonyl (C=O) groups excluding carboxylic acids is 1. The molecule has 0 spiro atoms. The minimum absolute atomic E-state index is 0.284. The number of carbonyl (C=O) groups is 1. The molecule has 2 aromatic rings. The van der Waals surface area contributed by atoms with Crippen LogP contribution in [0.1, 0.15) is 41.7 Å². The number of aromatic nitrogens is 1. The first kappa shape index (κ1) is 12.0. The topological polar surface area (TPSA) is 42.1 Å². The molecule has 1 aliphatic rings. The van der Waals surface area contributed by atoms with Gasteiger partial charge >= 0.3 is 5.97 Å². The molecule has 0 amide bonds. The Kier molecular flexibility index (Phi) is 3.11. The Morgan fingerprint density at radius 2 is 2.05 bits per heavy atom. The summed E-state index contributed by atoms with van der Waals surface area (Å²) in [6.45, 7) is 2.21. The number of hydrogen-bond donors (Lipinski definition) is 1. The highest BCUT2D eigenvalue weighted by atomic mass is 16.5. The molecule has 1 N–H and O–H groups in total. The smallest absolute Gasteiger partial charge is 0.355 e. The molecule has 3 heteroatoms. The zero-order chi connectivity index (χ0) is 13.2. The van der Waals surface area contributed by atoms with E-state index < -0.39 is 0 Å². The fraction of sp³-hybridized carbons (Fsp3) is 0.312. The molecule has 0 saturated heterocycles. The number of rotatable bonds is 4.